The molecule has 112 valence electrons. The molecule has 1 heterocycles. The third-order valence-corrected chi connectivity index (χ3v) is 2.81. The van der Waals surface area contributed by atoms with E-state index in [2.05, 4.69) is 20.6 Å². The van der Waals surface area contributed by atoms with Crippen LogP contribution in [0.5, 0.6) is 0 Å². The van der Waals surface area contributed by atoms with E-state index in [1.54, 1.807) is 38.3 Å². The van der Waals surface area contributed by atoms with Gasteiger partial charge in [-0.15, -0.1) is 0 Å². The molecular weight excluding hydrogens is 271 g/mol. The average molecular weight is 290 g/mol. The molecule has 6 heteroatoms. The maximum absolute atomic E-state index is 13.6. The van der Waals surface area contributed by atoms with Gasteiger partial charge in [0, 0.05) is 26.3 Å². The first-order chi connectivity index (χ1) is 10.2. The number of nitrogens with zero attached hydrogens (tertiary/aromatic N) is 2. The summed E-state index contributed by atoms with van der Waals surface area (Å²) in [4.78, 5) is 8.56. The summed E-state index contributed by atoms with van der Waals surface area (Å²) < 4.78 is 18.6. The van der Waals surface area contributed by atoms with E-state index >= 15 is 0 Å². The van der Waals surface area contributed by atoms with E-state index in [0.717, 1.165) is 13.0 Å². The van der Waals surface area contributed by atoms with Gasteiger partial charge < -0.3 is 15.4 Å². The lowest BCUT2D eigenvalue weighted by Crippen LogP contribution is -2.08. The Morgan fingerprint density at radius 1 is 1.19 bits per heavy atom. The minimum absolute atomic E-state index is 0.316. The van der Waals surface area contributed by atoms with Crippen LogP contribution in [0.1, 0.15) is 12.2 Å². The van der Waals surface area contributed by atoms with Crippen molar-refractivity contribution in [3.8, 4) is 0 Å². The number of rotatable bonds is 7. The van der Waals surface area contributed by atoms with E-state index in [4.69, 9.17) is 4.74 Å². The van der Waals surface area contributed by atoms with Gasteiger partial charge >= 0.3 is 0 Å². The van der Waals surface area contributed by atoms with Crippen LogP contribution in [0.25, 0.3) is 0 Å². The zero-order valence-electron chi connectivity index (χ0n) is 12.2. The molecule has 21 heavy (non-hydrogen) atoms. The molecule has 0 aliphatic rings. The molecule has 0 unspecified atom stereocenters. The molecule has 0 spiro atoms. The molecule has 0 aliphatic heterocycles. The van der Waals surface area contributed by atoms with Crippen LogP contribution in [-0.4, -0.2) is 30.2 Å². The molecular formula is C15H19FN4O. The highest BCUT2D eigenvalue weighted by Crippen LogP contribution is 2.19. The molecule has 2 N–H and O–H groups in total. The number of para-hydroxylation sites is 1. The summed E-state index contributed by atoms with van der Waals surface area (Å²) in [6.45, 7) is 3.24. The van der Waals surface area contributed by atoms with E-state index in [1.165, 1.54) is 6.07 Å². The number of anilines is 3. The second kappa shape index (κ2) is 7.54. The fraction of sp³-hybridized carbons (Fsp3) is 0.333. The largest absolute Gasteiger partial charge is 0.385 e. The van der Waals surface area contributed by atoms with Crippen LogP contribution in [0.15, 0.2) is 30.3 Å². The number of aryl methyl sites for hydroxylation is 1. The maximum atomic E-state index is 13.6. The zero-order valence-corrected chi connectivity index (χ0v) is 12.2. The molecule has 0 saturated carbocycles. The van der Waals surface area contributed by atoms with Crippen molar-refractivity contribution < 1.29 is 9.13 Å². The standard InChI is InChI=1S/C15H19FN4O/c1-11-18-14(17-8-5-9-21-2)10-15(19-11)20-13-7-4-3-6-12(13)16/h3-4,6-7,10H,5,8-9H2,1-2H3,(H2,17,18,19,20). The second-order valence-corrected chi connectivity index (χ2v) is 4.56. The van der Waals surface area contributed by atoms with Crippen LogP contribution in [0.2, 0.25) is 0 Å². The Kier molecular flexibility index (Phi) is 5.45. The zero-order chi connectivity index (χ0) is 15.1. The number of methoxy groups -OCH3 is 1. The molecule has 0 saturated heterocycles. The van der Waals surface area contributed by atoms with Gasteiger partial charge in [-0.2, -0.15) is 0 Å². The van der Waals surface area contributed by atoms with E-state index < -0.39 is 0 Å². The predicted octanol–water partition coefficient (Wildman–Crippen LogP) is 3.12. The van der Waals surface area contributed by atoms with Gasteiger partial charge in [0.05, 0.1) is 5.69 Å². The third-order valence-electron chi connectivity index (χ3n) is 2.81. The fourth-order valence-corrected chi connectivity index (χ4v) is 1.86. The highest BCUT2D eigenvalue weighted by atomic mass is 19.1. The van der Waals surface area contributed by atoms with Crippen molar-refractivity contribution in [2.24, 2.45) is 0 Å². The first-order valence-electron chi connectivity index (χ1n) is 6.79. The summed E-state index contributed by atoms with van der Waals surface area (Å²) in [6.07, 6.45) is 0.885. The predicted molar refractivity (Wildman–Crippen MR) is 81.4 cm³/mol. The molecule has 2 rings (SSSR count). The SMILES string of the molecule is COCCCNc1cc(Nc2ccccc2F)nc(C)n1. The molecule has 0 radical (unpaired) electrons. The fourth-order valence-electron chi connectivity index (χ4n) is 1.86. The van der Waals surface area contributed by atoms with Gasteiger partial charge in [0.25, 0.3) is 0 Å². The lowest BCUT2D eigenvalue weighted by Gasteiger charge is -2.10. The molecule has 0 aliphatic carbocycles. The lowest BCUT2D eigenvalue weighted by atomic mass is 10.3. The molecule has 5 nitrogen and oxygen atoms in total. The van der Waals surface area contributed by atoms with Crippen molar-refractivity contribution in [3.63, 3.8) is 0 Å². The normalized spacial score (nSPS) is 10.4. The monoisotopic (exact) mass is 290 g/mol. The highest BCUT2D eigenvalue weighted by molar-refractivity contribution is 5.59. The molecule has 1 aromatic heterocycles. The summed E-state index contributed by atoms with van der Waals surface area (Å²) in [5.41, 5.74) is 0.390. The van der Waals surface area contributed by atoms with E-state index in [-0.39, 0.29) is 5.82 Å². The summed E-state index contributed by atoms with van der Waals surface area (Å²) in [5.74, 6) is 1.56. The minimum Gasteiger partial charge on any atom is -0.385 e. The van der Waals surface area contributed by atoms with E-state index in [0.29, 0.717) is 29.8 Å². The molecule has 0 fully saturated rings. The number of ether oxygens (including phenoxy) is 1. The first-order valence-corrected chi connectivity index (χ1v) is 6.79. The summed E-state index contributed by atoms with van der Waals surface area (Å²) in [5, 5.41) is 6.16. The van der Waals surface area contributed by atoms with Crippen molar-refractivity contribution in [2.75, 3.05) is 30.9 Å². The quantitative estimate of drug-likeness (QED) is 0.767. The first kappa shape index (κ1) is 15.2. The van der Waals surface area contributed by atoms with Gasteiger partial charge in [0.15, 0.2) is 0 Å². The van der Waals surface area contributed by atoms with Crippen LogP contribution in [0.3, 0.4) is 0 Å². The molecule has 0 amide bonds. The number of nitrogens with one attached hydrogen (secondary N) is 2. The minimum atomic E-state index is -0.316. The third kappa shape index (κ3) is 4.68. The Labute approximate surface area is 123 Å². The Morgan fingerprint density at radius 2 is 1.95 bits per heavy atom. The number of hydrogen-bond acceptors (Lipinski definition) is 5. The topological polar surface area (TPSA) is 59.1 Å². The number of benzene rings is 1. The van der Waals surface area contributed by atoms with Crippen molar-refractivity contribution >= 4 is 17.3 Å². The summed E-state index contributed by atoms with van der Waals surface area (Å²) >= 11 is 0. The van der Waals surface area contributed by atoms with Crippen molar-refractivity contribution in [3.05, 3.63) is 42.0 Å². The Bertz CT molecular complexity index is 592. The van der Waals surface area contributed by atoms with Crippen LogP contribution in [-0.2, 0) is 4.74 Å². The van der Waals surface area contributed by atoms with Gasteiger partial charge in [-0.1, -0.05) is 12.1 Å². The van der Waals surface area contributed by atoms with Gasteiger partial charge in [-0.25, -0.2) is 14.4 Å². The summed E-state index contributed by atoms with van der Waals surface area (Å²) in [6, 6.07) is 8.24. The number of aromatic nitrogens is 2. The van der Waals surface area contributed by atoms with Crippen molar-refractivity contribution in [2.45, 2.75) is 13.3 Å². The van der Waals surface area contributed by atoms with E-state index in [1.807, 2.05) is 0 Å². The van der Waals surface area contributed by atoms with Crippen LogP contribution < -0.4 is 10.6 Å². The Balaban J connectivity index is 2.06. The molecule has 1 aromatic carbocycles. The van der Waals surface area contributed by atoms with E-state index in [9.17, 15) is 4.39 Å². The van der Waals surface area contributed by atoms with Gasteiger partial charge in [0.1, 0.15) is 23.3 Å². The summed E-state index contributed by atoms with van der Waals surface area (Å²) in [7, 11) is 1.67. The van der Waals surface area contributed by atoms with Crippen LogP contribution >= 0.6 is 0 Å². The van der Waals surface area contributed by atoms with Gasteiger partial charge in [-0.05, 0) is 25.5 Å². The van der Waals surface area contributed by atoms with Gasteiger partial charge in [-0.3, -0.25) is 0 Å². The highest BCUT2D eigenvalue weighted by Gasteiger charge is 2.05. The number of hydrogen-bond donors (Lipinski definition) is 2. The lowest BCUT2D eigenvalue weighted by molar-refractivity contribution is 0.198. The van der Waals surface area contributed by atoms with Crippen molar-refractivity contribution in [1.29, 1.82) is 0 Å². The van der Waals surface area contributed by atoms with Gasteiger partial charge in [0.2, 0.25) is 0 Å². The maximum Gasteiger partial charge on any atom is 0.146 e. The Hall–Kier alpha value is -2.21. The molecule has 2 aromatic rings. The van der Waals surface area contributed by atoms with Crippen LogP contribution in [0, 0.1) is 12.7 Å². The number of halogens is 1. The van der Waals surface area contributed by atoms with Crippen LogP contribution in [0.4, 0.5) is 21.7 Å². The Morgan fingerprint density at radius 3 is 2.71 bits per heavy atom. The molecule has 0 atom stereocenters. The molecule has 0 bridgehead atoms. The smallest absolute Gasteiger partial charge is 0.146 e. The second-order valence-electron chi connectivity index (χ2n) is 4.56. The van der Waals surface area contributed by atoms with Crippen molar-refractivity contribution in [1.82, 2.24) is 9.97 Å². The average Bonchev–Trinajstić information content (AvgIpc) is 2.46.